The molecule has 0 atom stereocenters. The second-order valence-corrected chi connectivity index (χ2v) is 4.83. The van der Waals surface area contributed by atoms with Crippen molar-refractivity contribution in [3.05, 3.63) is 70.5 Å². The zero-order chi connectivity index (χ0) is 15.5. The summed E-state index contributed by atoms with van der Waals surface area (Å²) in [5.74, 6) is -0.884. The zero-order valence-corrected chi connectivity index (χ0v) is 11.5. The number of hydrogen-bond donors (Lipinski definition) is 1. The van der Waals surface area contributed by atoms with E-state index in [1.807, 2.05) is 31.2 Å². The molecule has 0 bridgehead atoms. The number of benzene rings is 2. The second kappa shape index (κ2) is 6.26. The van der Waals surface area contributed by atoms with Crippen molar-refractivity contribution in [3.8, 4) is 0 Å². The van der Waals surface area contributed by atoms with E-state index < -0.39 is 17.6 Å². The lowest BCUT2D eigenvalue weighted by Crippen LogP contribution is -2.18. The maximum atomic E-state index is 13.0. The summed E-state index contributed by atoms with van der Waals surface area (Å²) in [6.07, 6.45) is -4.55. The smallest absolute Gasteiger partial charge is 0.309 e. The van der Waals surface area contributed by atoms with Crippen LogP contribution in [0.4, 0.5) is 17.6 Å². The van der Waals surface area contributed by atoms with E-state index in [0.29, 0.717) is 12.6 Å². The van der Waals surface area contributed by atoms with Crippen LogP contribution in [0.2, 0.25) is 0 Å². The van der Waals surface area contributed by atoms with Crippen molar-refractivity contribution in [1.82, 2.24) is 5.32 Å². The Bertz CT molecular complexity index is 620. The topological polar surface area (TPSA) is 12.0 Å². The SMILES string of the molecule is Cc1ccccc1CNCc1ccc(F)cc1C(F)(F)F. The molecule has 0 amide bonds. The van der Waals surface area contributed by atoms with Gasteiger partial charge >= 0.3 is 6.18 Å². The zero-order valence-electron chi connectivity index (χ0n) is 11.5. The van der Waals surface area contributed by atoms with E-state index in [9.17, 15) is 17.6 Å². The Kier molecular flexibility index (Phi) is 4.63. The van der Waals surface area contributed by atoms with Crippen LogP contribution in [0.3, 0.4) is 0 Å². The van der Waals surface area contributed by atoms with Gasteiger partial charge in [0, 0.05) is 13.1 Å². The van der Waals surface area contributed by atoms with Crippen LogP contribution in [0.15, 0.2) is 42.5 Å². The van der Waals surface area contributed by atoms with Crippen LogP contribution in [0, 0.1) is 12.7 Å². The molecule has 5 heteroatoms. The van der Waals surface area contributed by atoms with Crippen molar-refractivity contribution in [2.24, 2.45) is 0 Å². The van der Waals surface area contributed by atoms with Gasteiger partial charge in [-0.25, -0.2) is 4.39 Å². The first-order chi connectivity index (χ1) is 9.88. The van der Waals surface area contributed by atoms with Crippen LogP contribution < -0.4 is 5.32 Å². The fourth-order valence-corrected chi connectivity index (χ4v) is 2.11. The highest BCUT2D eigenvalue weighted by atomic mass is 19.4. The van der Waals surface area contributed by atoms with Gasteiger partial charge in [0.15, 0.2) is 0 Å². The Balaban J connectivity index is 2.09. The van der Waals surface area contributed by atoms with Crippen molar-refractivity contribution in [1.29, 1.82) is 0 Å². The number of rotatable bonds is 4. The molecule has 2 aromatic carbocycles. The summed E-state index contributed by atoms with van der Waals surface area (Å²) in [5, 5.41) is 2.97. The minimum absolute atomic E-state index is 0.0312. The molecule has 0 aliphatic rings. The van der Waals surface area contributed by atoms with Gasteiger partial charge in [0.1, 0.15) is 5.82 Å². The van der Waals surface area contributed by atoms with Gasteiger partial charge in [-0.15, -0.1) is 0 Å². The minimum Gasteiger partial charge on any atom is -0.309 e. The molecule has 2 rings (SSSR count). The molecule has 21 heavy (non-hydrogen) atoms. The molecular weight excluding hydrogens is 282 g/mol. The molecule has 0 heterocycles. The third kappa shape index (κ3) is 4.04. The first-order valence-corrected chi connectivity index (χ1v) is 6.49. The Morgan fingerprint density at radius 2 is 1.62 bits per heavy atom. The van der Waals surface area contributed by atoms with Crippen LogP contribution in [-0.4, -0.2) is 0 Å². The Hall–Kier alpha value is -1.88. The maximum absolute atomic E-state index is 13.0. The van der Waals surface area contributed by atoms with E-state index >= 15 is 0 Å². The quantitative estimate of drug-likeness (QED) is 0.823. The summed E-state index contributed by atoms with van der Waals surface area (Å²) in [7, 11) is 0. The van der Waals surface area contributed by atoms with Gasteiger partial charge < -0.3 is 5.32 Å². The highest BCUT2D eigenvalue weighted by molar-refractivity contribution is 5.31. The molecule has 0 unspecified atom stereocenters. The van der Waals surface area contributed by atoms with Crippen molar-refractivity contribution < 1.29 is 17.6 Å². The largest absolute Gasteiger partial charge is 0.416 e. The van der Waals surface area contributed by atoms with E-state index in [4.69, 9.17) is 0 Å². The summed E-state index contributed by atoms with van der Waals surface area (Å²) in [6.45, 7) is 2.43. The Morgan fingerprint density at radius 1 is 0.952 bits per heavy atom. The molecule has 0 saturated heterocycles. The predicted octanol–water partition coefficient (Wildman–Crippen LogP) is 4.44. The molecule has 0 aliphatic carbocycles. The Labute approximate surface area is 120 Å². The average molecular weight is 297 g/mol. The molecule has 0 aromatic heterocycles. The van der Waals surface area contributed by atoms with Gasteiger partial charge in [-0.1, -0.05) is 30.3 Å². The normalized spacial score (nSPS) is 11.7. The first-order valence-electron chi connectivity index (χ1n) is 6.49. The average Bonchev–Trinajstić information content (AvgIpc) is 2.41. The molecule has 1 N–H and O–H groups in total. The molecule has 0 radical (unpaired) electrons. The fraction of sp³-hybridized carbons (Fsp3) is 0.250. The van der Waals surface area contributed by atoms with Gasteiger partial charge in [-0.05, 0) is 35.7 Å². The van der Waals surface area contributed by atoms with Gasteiger partial charge in [0.05, 0.1) is 5.56 Å². The number of halogens is 4. The van der Waals surface area contributed by atoms with Gasteiger partial charge in [-0.2, -0.15) is 13.2 Å². The van der Waals surface area contributed by atoms with E-state index in [1.165, 1.54) is 6.07 Å². The van der Waals surface area contributed by atoms with Gasteiger partial charge in [0.25, 0.3) is 0 Å². The van der Waals surface area contributed by atoms with Crippen LogP contribution in [-0.2, 0) is 19.3 Å². The predicted molar refractivity (Wildman–Crippen MR) is 73.1 cm³/mol. The lowest BCUT2D eigenvalue weighted by Gasteiger charge is -2.14. The van der Waals surface area contributed by atoms with Crippen molar-refractivity contribution >= 4 is 0 Å². The molecule has 0 aliphatic heterocycles. The summed E-state index contributed by atoms with van der Waals surface area (Å²) in [4.78, 5) is 0. The first kappa shape index (κ1) is 15.5. The summed E-state index contributed by atoms with van der Waals surface area (Å²) in [5.41, 5.74) is 1.20. The van der Waals surface area contributed by atoms with Crippen molar-refractivity contribution in [2.75, 3.05) is 0 Å². The van der Waals surface area contributed by atoms with E-state index in [1.54, 1.807) is 0 Å². The van der Waals surface area contributed by atoms with Gasteiger partial charge in [-0.3, -0.25) is 0 Å². The molecule has 0 spiro atoms. The fourth-order valence-electron chi connectivity index (χ4n) is 2.11. The van der Waals surface area contributed by atoms with E-state index in [2.05, 4.69) is 5.32 Å². The number of nitrogens with one attached hydrogen (secondary N) is 1. The number of aryl methyl sites for hydroxylation is 1. The van der Waals surface area contributed by atoms with Crippen LogP contribution in [0.5, 0.6) is 0 Å². The summed E-state index contributed by atoms with van der Waals surface area (Å²) >= 11 is 0. The number of hydrogen-bond acceptors (Lipinski definition) is 1. The van der Waals surface area contributed by atoms with Crippen LogP contribution in [0.25, 0.3) is 0 Å². The van der Waals surface area contributed by atoms with Crippen LogP contribution >= 0.6 is 0 Å². The highest BCUT2D eigenvalue weighted by Crippen LogP contribution is 2.32. The Morgan fingerprint density at radius 3 is 2.29 bits per heavy atom. The second-order valence-electron chi connectivity index (χ2n) is 4.83. The van der Waals surface area contributed by atoms with Gasteiger partial charge in [0.2, 0.25) is 0 Å². The molecule has 2 aromatic rings. The number of alkyl halides is 3. The molecular formula is C16H15F4N. The molecule has 0 fully saturated rings. The highest BCUT2D eigenvalue weighted by Gasteiger charge is 2.33. The lowest BCUT2D eigenvalue weighted by molar-refractivity contribution is -0.138. The minimum atomic E-state index is -4.55. The third-order valence-electron chi connectivity index (χ3n) is 3.27. The van der Waals surface area contributed by atoms with Crippen molar-refractivity contribution in [3.63, 3.8) is 0 Å². The van der Waals surface area contributed by atoms with Crippen LogP contribution in [0.1, 0.15) is 22.3 Å². The lowest BCUT2D eigenvalue weighted by atomic mass is 10.1. The van der Waals surface area contributed by atoms with E-state index in [0.717, 1.165) is 17.2 Å². The van der Waals surface area contributed by atoms with Crippen molar-refractivity contribution in [2.45, 2.75) is 26.2 Å². The van der Waals surface area contributed by atoms with E-state index in [-0.39, 0.29) is 12.1 Å². The summed E-state index contributed by atoms with van der Waals surface area (Å²) in [6, 6.07) is 10.4. The molecule has 112 valence electrons. The third-order valence-corrected chi connectivity index (χ3v) is 3.27. The maximum Gasteiger partial charge on any atom is 0.416 e. The monoisotopic (exact) mass is 297 g/mol. The summed E-state index contributed by atoms with van der Waals surface area (Å²) < 4.78 is 51.5. The molecule has 1 nitrogen and oxygen atoms in total. The molecule has 0 saturated carbocycles. The standard InChI is InChI=1S/C16H15F4N/c1-11-4-2-3-5-12(11)9-21-10-13-6-7-14(17)8-15(13)16(18,19)20/h2-8,21H,9-10H2,1H3.